The van der Waals surface area contributed by atoms with Gasteiger partial charge in [0.25, 0.3) is 0 Å². The highest BCUT2D eigenvalue weighted by Crippen LogP contribution is 2.49. The van der Waals surface area contributed by atoms with Crippen LogP contribution in [0.25, 0.3) is 0 Å². The number of ether oxygens (including phenoxy) is 1. The minimum atomic E-state index is 0.326. The molecule has 2 rings (SSSR count). The fraction of sp³-hybridized carbons (Fsp3) is 1.00. The number of halogens is 1. The Balaban J connectivity index is 1.80. The molecule has 0 bridgehead atoms. The third kappa shape index (κ3) is 2.48. The highest BCUT2D eigenvalue weighted by Gasteiger charge is 2.48. The van der Waals surface area contributed by atoms with E-state index in [4.69, 9.17) is 4.74 Å². The predicted octanol–water partition coefficient (Wildman–Crippen LogP) is 4.53. The van der Waals surface area contributed by atoms with Crippen LogP contribution in [0, 0.1) is 10.8 Å². The molecule has 2 aliphatic carbocycles. The molecule has 16 heavy (non-hydrogen) atoms. The Morgan fingerprint density at radius 3 is 2.06 bits per heavy atom. The molecule has 0 saturated heterocycles. The van der Waals surface area contributed by atoms with Gasteiger partial charge in [-0.25, -0.2) is 0 Å². The van der Waals surface area contributed by atoms with Gasteiger partial charge in [-0.2, -0.15) is 0 Å². The normalized spacial score (nSPS) is 38.1. The molecular weight excluding hydrogens is 264 g/mol. The summed E-state index contributed by atoms with van der Waals surface area (Å²) in [5.41, 5.74) is 0.875. The number of alkyl halides is 1. The molecule has 0 heterocycles. The maximum absolute atomic E-state index is 6.28. The first-order valence-corrected chi connectivity index (χ1v) is 7.52. The van der Waals surface area contributed by atoms with E-state index >= 15 is 0 Å². The van der Waals surface area contributed by atoms with Gasteiger partial charge in [0.1, 0.15) is 0 Å². The smallest absolute Gasteiger partial charge is 0.0651 e. The van der Waals surface area contributed by atoms with Crippen molar-refractivity contribution in [1.29, 1.82) is 0 Å². The van der Waals surface area contributed by atoms with Gasteiger partial charge in [-0.05, 0) is 37.5 Å². The number of rotatable bonds is 2. The van der Waals surface area contributed by atoms with Crippen LogP contribution in [0.4, 0.5) is 0 Å². The van der Waals surface area contributed by atoms with E-state index in [1.54, 1.807) is 0 Å². The standard InChI is InChI=1S/C14H25BrO/c1-13(2)7-5-10(6-8-13)16-12-9-11(15)14(12,3)4/h10-12H,5-9H2,1-4H3. The second-order valence-corrected chi connectivity index (χ2v) is 8.12. The zero-order chi connectivity index (χ0) is 12.0. The van der Waals surface area contributed by atoms with Crippen LogP contribution in [0.5, 0.6) is 0 Å². The van der Waals surface area contributed by atoms with Crippen LogP contribution in [0.15, 0.2) is 0 Å². The molecule has 0 N–H and O–H groups in total. The van der Waals surface area contributed by atoms with Crippen LogP contribution in [0.1, 0.15) is 59.8 Å². The molecule has 0 amide bonds. The number of hydrogen-bond donors (Lipinski definition) is 0. The van der Waals surface area contributed by atoms with Crippen molar-refractivity contribution < 1.29 is 4.74 Å². The summed E-state index contributed by atoms with van der Waals surface area (Å²) in [5.74, 6) is 0. The largest absolute Gasteiger partial charge is 0.374 e. The van der Waals surface area contributed by atoms with Crippen molar-refractivity contribution in [2.45, 2.75) is 76.8 Å². The lowest BCUT2D eigenvalue weighted by Crippen LogP contribution is -2.53. The fourth-order valence-electron chi connectivity index (χ4n) is 2.81. The van der Waals surface area contributed by atoms with Crippen LogP contribution in [0.2, 0.25) is 0 Å². The highest BCUT2D eigenvalue weighted by molar-refractivity contribution is 9.09. The topological polar surface area (TPSA) is 9.23 Å². The Labute approximate surface area is 108 Å². The van der Waals surface area contributed by atoms with Crippen molar-refractivity contribution in [1.82, 2.24) is 0 Å². The molecule has 0 radical (unpaired) electrons. The van der Waals surface area contributed by atoms with Gasteiger partial charge >= 0.3 is 0 Å². The molecule has 1 nitrogen and oxygen atoms in total. The van der Waals surface area contributed by atoms with Gasteiger partial charge in [0, 0.05) is 10.2 Å². The zero-order valence-electron chi connectivity index (χ0n) is 11.1. The Morgan fingerprint density at radius 2 is 1.62 bits per heavy atom. The SMILES string of the molecule is CC1(C)CCC(OC2CC(Br)C2(C)C)CC1. The van der Waals surface area contributed by atoms with Gasteiger partial charge in [-0.3, -0.25) is 0 Å². The van der Waals surface area contributed by atoms with Crippen molar-refractivity contribution in [2.75, 3.05) is 0 Å². The Morgan fingerprint density at radius 1 is 1.06 bits per heavy atom. The number of hydrogen-bond acceptors (Lipinski definition) is 1. The first kappa shape index (κ1) is 12.9. The van der Waals surface area contributed by atoms with Crippen molar-refractivity contribution >= 4 is 15.9 Å². The molecular formula is C14H25BrO. The van der Waals surface area contributed by atoms with E-state index in [1.807, 2.05) is 0 Å². The van der Waals surface area contributed by atoms with Crippen molar-refractivity contribution in [2.24, 2.45) is 10.8 Å². The van der Waals surface area contributed by atoms with Crippen LogP contribution in [-0.4, -0.2) is 17.0 Å². The Bertz CT molecular complexity index is 249. The lowest BCUT2D eigenvalue weighted by Gasteiger charge is -2.51. The van der Waals surface area contributed by atoms with Crippen LogP contribution < -0.4 is 0 Å². The first-order valence-electron chi connectivity index (χ1n) is 6.61. The van der Waals surface area contributed by atoms with Crippen molar-refractivity contribution in [3.05, 3.63) is 0 Å². The van der Waals surface area contributed by atoms with Gasteiger partial charge in [0.15, 0.2) is 0 Å². The quantitative estimate of drug-likeness (QED) is 0.678. The summed E-state index contributed by atoms with van der Waals surface area (Å²) < 4.78 is 6.28. The highest BCUT2D eigenvalue weighted by atomic mass is 79.9. The predicted molar refractivity (Wildman–Crippen MR) is 72.0 cm³/mol. The molecule has 2 atom stereocenters. The summed E-state index contributed by atoms with van der Waals surface area (Å²) >= 11 is 3.72. The molecule has 0 aromatic rings. The van der Waals surface area contributed by atoms with E-state index in [0.717, 1.165) is 0 Å². The van der Waals surface area contributed by atoms with Gasteiger partial charge < -0.3 is 4.74 Å². The summed E-state index contributed by atoms with van der Waals surface area (Å²) in [6.07, 6.45) is 7.34. The van der Waals surface area contributed by atoms with Gasteiger partial charge in [0.05, 0.1) is 12.2 Å². The van der Waals surface area contributed by atoms with E-state index in [2.05, 4.69) is 43.6 Å². The van der Waals surface area contributed by atoms with Crippen molar-refractivity contribution in [3.63, 3.8) is 0 Å². The average Bonchev–Trinajstić information content (AvgIpc) is 2.20. The molecule has 94 valence electrons. The minimum Gasteiger partial charge on any atom is -0.374 e. The van der Waals surface area contributed by atoms with E-state index < -0.39 is 0 Å². The van der Waals surface area contributed by atoms with Gasteiger partial charge in [0.2, 0.25) is 0 Å². The molecule has 2 heteroatoms. The molecule has 2 saturated carbocycles. The zero-order valence-corrected chi connectivity index (χ0v) is 12.6. The lowest BCUT2D eigenvalue weighted by atomic mass is 9.68. The second kappa shape index (κ2) is 4.28. The molecule has 2 unspecified atom stereocenters. The average molecular weight is 289 g/mol. The second-order valence-electron chi connectivity index (χ2n) is 7.01. The monoisotopic (exact) mass is 288 g/mol. The lowest BCUT2D eigenvalue weighted by molar-refractivity contribution is -0.135. The maximum atomic E-state index is 6.28. The molecule has 0 aliphatic heterocycles. The maximum Gasteiger partial charge on any atom is 0.0651 e. The molecule has 0 aromatic carbocycles. The Kier molecular flexibility index (Phi) is 3.44. The van der Waals surface area contributed by atoms with E-state index in [9.17, 15) is 0 Å². The van der Waals surface area contributed by atoms with E-state index in [1.165, 1.54) is 32.1 Å². The van der Waals surface area contributed by atoms with E-state index in [-0.39, 0.29) is 0 Å². The van der Waals surface area contributed by atoms with Crippen LogP contribution in [0.3, 0.4) is 0 Å². The molecule has 2 aliphatic rings. The van der Waals surface area contributed by atoms with Crippen LogP contribution in [-0.2, 0) is 4.74 Å². The summed E-state index contributed by atoms with van der Waals surface area (Å²) in [6, 6.07) is 0. The fourth-order valence-corrected chi connectivity index (χ4v) is 3.44. The molecule has 0 spiro atoms. The van der Waals surface area contributed by atoms with E-state index in [0.29, 0.717) is 27.9 Å². The van der Waals surface area contributed by atoms with Crippen molar-refractivity contribution in [3.8, 4) is 0 Å². The minimum absolute atomic E-state index is 0.326. The summed E-state index contributed by atoms with van der Waals surface area (Å²) in [6.45, 7) is 9.39. The van der Waals surface area contributed by atoms with Gasteiger partial charge in [-0.15, -0.1) is 0 Å². The third-order valence-corrected chi connectivity index (χ3v) is 6.25. The Hall–Kier alpha value is 0.440. The third-order valence-electron chi connectivity index (χ3n) is 4.70. The molecule has 0 aromatic heterocycles. The van der Waals surface area contributed by atoms with Gasteiger partial charge in [-0.1, -0.05) is 43.6 Å². The summed E-state index contributed by atoms with van der Waals surface area (Å²) in [7, 11) is 0. The summed E-state index contributed by atoms with van der Waals surface area (Å²) in [4.78, 5) is 0.644. The molecule has 2 fully saturated rings. The van der Waals surface area contributed by atoms with Crippen LogP contribution >= 0.6 is 15.9 Å². The first-order chi connectivity index (χ1) is 7.31. The summed E-state index contributed by atoms with van der Waals surface area (Å²) in [5, 5.41) is 0.